The van der Waals surface area contributed by atoms with Crippen molar-refractivity contribution in [3.63, 3.8) is 0 Å². The van der Waals surface area contributed by atoms with E-state index in [0.717, 1.165) is 25.8 Å². The Bertz CT molecular complexity index is 978. The Morgan fingerprint density at radius 3 is 2.48 bits per heavy atom. The minimum absolute atomic E-state index is 0.152. The fourth-order valence-electron chi connectivity index (χ4n) is 4.66. The van der Waals surface area contributed by atoms with Gasteiger partial charge in [-0.05, 0) is 79.2 Å². The van der Waals surface area contributed by atoms with Crippen LogP contribution in [0.5, 0.6) is 5.75 Å². The second kappa shape index (κ2) is 8.57. The maximum atomic E-state index is 12.6. The normalized spacial score (nSPS) is 19.8. The molecule has 31 heavy (non-hydrogen) atoms. The SMILES string of the molecule is CC1(C)C[C@@H](CCCN2C(=O)c3ccccc3C2=O)CN1c1nc(Br)ccc1OON. The molecule has 2 aliphatic rings. The average molecular weight is 489 g/mol. The fraction of sp³-hybridized carbons (Fsp3) is 0.409. The van der Waals surface area contributed by atoms with Gasteiger partial charge in [-0.25, -0.2) is 4.98 Å². The first-order valence-corrected chi connectivity index (χ1v) is 11.0. The van der Waals surface area contributed by atoms with Crippen molar-refractivity contribution in [1.82, 2.24) is 9.88 Å². The van der Waals surface area contributed by atoms with Crippen LogP contribution in [-0.4, -0.2) is 40.3 Å². The molecule has 1 aromatic carbocycles. The highest BCUT2D eigenvalue weighted by Gasteiger charge is 2.41. The van der Waals surface area contributed by atoms with Crippen LogP contribution in [0.3, 0.4) is 0 Å². The summed E-state index contributed by atoms with van der Waals surface area (Å²) in [6.45, 7) is 5.52. The van der Waals surface area contributed by atoms with Crippen LogP contribution < -0.4 is 15.7 Å². The summed E-state index contributed by atoms with van der Waals surface area (Å²) >= 11 is 3.42. The van der Waals surface area contributed by atoms with Crippen molar-refractivity contribution >= 4 is 33.6 Å². The van der Waals surface area contributed by atoms with Crippen LogP contribution in [-0.2, 0) is 4.99 Å². The number of nitrogens with zero attached hydrogens (tertiary/aromatic N) is 3. The zero-order valence-corrected chi connectivity index (χ0v) is 19.1. The Labute approximate surface area is 189 Å². The first kappa shape index (κ1) is 21.7. The summed E-state index contributed by atoms with van der Waals surface area (Å²) < 4.78 is 0.691. The number of imide groups is 1. The number of fused-ring (bicyclic) bond motifs is 1. The van der Waals surface area contributed by atoms with E-state index in [9.17, 15) is 9.59 Å². The Hall–Kier alpha value is -2.49. The Morgan fingerprint density at radius 2 is 1.84 bits per heavy atom. The lowest BCUT2D eigenvalue weighted by molar-refractivity contribution is -0.211. The van der Waals surface area contributed by atoms with E-state index >= 15 is 0 Å². The van der Waals surface area contributed by atoms with Gasteiger partial charge in [0.1, 0.15) is 4.60 Å². The number of amides is 2. The van der Waals surface area contributed by atoms with Crippen LogP contribution >= 0.6 is 15.9 Å². The van der Waals surface area contributed by atoms with E-state index in [2.05, 4.69) is 44.6 Å². The standard InChI is InChI=1S/C22H25BrN4O4/c1-22(2)12-14(13-27(22)19-17(30-31-24)9-10-18(23)25-19)6-5-11-26-20(28)15-7-3-4-8-16(15)21(26)29/h3-4,7-10,14H,5-6,11-13,24H2,1-2H3/t14-/m1/s1. The van der Waals surface area contributed by atoms with Crippen molar-refractivity contribution in [2.24, 2.45) is 11.8 Å². The maximum absolute atomic E-state index is 12.6. The summed E-state index contributed by atoms with van der Waals surface area (Å²) in [4.78, 5) is 42.7. The number of anilines is 1. The van der Waals surface area contributed by atoms with E-state index in [4.69, 9.17) is 10.8 Å². The van der Waals surface area contributed by atoms with Crippen molar-refractivity contribution in [1.29, 1.82) is 0 Å². The van der Waals surface area contributed by atoms with Crippen LogP contribution in [0.4, 0.5) is 5.82 Å². The smallest absolute Gasteiger partial charge is 0.261 e. The third-order valence-corrected chi connectivity index (χ3v) is 6.47. The molecule has 8 nitrogen and oxygen atoms in total. The van der Waals surface area contributed by atoms with Crippen molar-refractivity contribution < 1.29 is 19.5 Å². The van der Waals surface area contributed by atoms with E-state index in [0.29, 0.717) is 39.8 Å². The molecule has 0 unspecified atom stereocenters. The number of hydrogen-bond donors (Lipinski definition) is 1. The lowest BCUT2D eigenvalue weighted by Crippen LogP contribution is -2.39. The molecule has 2 aliphatic heterocycles. The van der Waals surface area contributed by atoms with E-state index in [1.54, 1.807) is 36.4 Å². The number of carbonyl (C=O) groups is 2. The number of nitrogens with two attached hydrogens (primary N) is 1. The highest BCUT2D eigenvalue weighted by atomic mass is 79.9. The number of hydrogen-bond acceptors (Lipinski definition) is 7. The van der Waals surface area contributed by atoms with E-state index < -0.39 is 0 Å². The minimum Gasteiger partial charge on any atom is -0.348 e. The highest BCUT2D eigenvalue weighted by Crippen LogP contribution is 2.42. The molecule has 0 spiro atoms. The van der Waals surface area contributed by atoms with E-state index in [1.165, 1.54) is 4.90 Å². The van der Waals surface area contributed by atoms with Crippen molar-refractivity contribution in [3.05, 3.63) is 52.1 Å². The zero-order valence-electron chi connectivity index (χ0n) is 17.5. The van der Waals surface area contributed by atoms with Gasteiger partial charge in [-0.3, -0.25) is 14.5 Å². The summed E-state index contributed by atoms with van der Waals surface area (Å²) in [5.74, 6) is 6.20. The number of rotatable bonds is 7. The second-order valence-corrected chi connectivity index (χ2v) is 9.39. The molecule has 1 atom stereocenters. The molecule has 2 amide bonds. The molecule has 164 valence electrons. The third-order valence-electron chi connectivity index (χ3n) is 6.03. The number of pyridine rings is 1. The topological polar surface area (TPSA) is 98.0 Å². The summed E-state index contributed by atoms with van der Waals surface area (Å²) in [5.41, 5.74) is 0.841. The summed E-state index contributed by atoms with van der Waals surface area (Å²) in [6.07, 6.45) is 2.60. The molecule has 9 heteroatoms. The Morgan fingerprint density at radius 1 is 1.16 bits per heavy atom. The van der Waals surface area contributed by atoms with Gasteiger partial charge < -0.3 is 9.79 Å². The van der Waals surface area contributed by atoms with Gasteiger partial charge in [0.25, 0.3) is 11.8 Å². The zero-order chi connectivity index (χ0) is 22.2. The minimum atomic E-state index is -0.198. The first-order chi connectivity index (χ1) is 14.8. The summed E-state index contributed by atoms with van der Waals surface area (Å²) in [5, 5.41) is 0. The number of halogens is 1. The number of carbonyl (C=O) groups excluding carboxylic acids is 2. The van der Waals surface area contributed by atoms with Gasteiger partial charge in [0.2, 0.25) is 5.75 Å². The summed E-state index contributed by atoms with van der Waals surface area (Å²) in [7, 11) is 0. The molecular weight excluding hydrogens is 464 g/mol. The molecule has 1 saturated heterocycles. The average Bonchev–Trinajstić information content (AvgIpc) is 3.17. The van der Waals surface area contributed by atoms with E-state index in [1.807, 2.05) is 0 Å². The molecule has 2 N–H and O–H groups in total. The molecular formula is C22H25BrN4O4. The Balaban J connectivity index is 1.40. The monoisotopic (exact) mass is 488 g/mol. The second-order valence-electron chi connectivity index (χ2n) is 8.58. The van der Waals surface area contributed by atoms with Gasteiger partial charge in [0, 0.05) is 18.6 Å². The predicted octanol–water partition coefficient (Wildman–Crippen LogP) is 3.71. The number of benzene rings is 1. The van der Waals surface area contributed by atoms with E-state index in [-0.39, 0.29) is 17.4 Å². The van der Waals surface area contributed by atoms with Crippen molar-refractivity contribution in [3.8, 4) is 5.75 Å². The first-order valence-electron chi connectivity index (χ1n) is 10.2. The molecule has 1 fully saturated rings. The molecule has 1 aromatic heterocycles. The fourth-order valence-corrected chi connectivity index (χ4v) is 4.96. The van der Waals surface area contributed by atoms with Crippen LogP contribution in [0.2, 0.25) is 0 Å². The van der Waals surface area contributed by atoms with Crippen LogP contribution in [0.25, 0.3) is 0 Å². The summed E-state index contributed by atoms with van der Waals surface area (Å²) in [6, 6.07) is 10.5. The van der Waals surface area contributed by atoms with Crippen molar-refractivity contribution in [2.45, 2.75) is 38.6 Å². The molecule has 0 saturated carbocycles. The van der Waals surface area contributed by atoms with Gasteiger partial charge in [-0.15, -0.1) is 0 Å². The lowest BCUT2D eigenvalue weighted by Gasteiger charge is -2.33. The molecule has 0 bridgehead atoms. The van der Waals surface area contributed by atoms with Gasteiger partial charge in [0.05, 0.1) is 11.1 Å². The van der Waals surface area contributed by atoms with Gasteiger partial charge in [-0.1, -0.05) is 17.1 Å². The van der Waals surface area contributed by atoms with Crippen molar-refractivity contribution in [2.75, 3.05) is 18.0 Å². The quantitative estimate of drug-likeness (QED) is 0.274. The lowest BCUT2D eigenvalue weighted by atomic mass is 9.93. The number of aromatic nitrogens is 1. The van der Waals surface area contributed by atoms with Gasteiger partial charge in [0.15, 0.2) is 5.82 Å². The molecule has 0 aliphatic carbocycles. The molecule has 4 rings (SSSR count). The largest absolute Gasteiger partial charge is 0.348 e. The molecule has 2 aromatic rings. The predicted molar refractivity (Wildman–Crippen MR) is 118 cm³/mol. The third kappa shape index (κ3) is 4.17. The Kier molecular flexibility index (Phi) is 6.00. The highest BCUT2D eigenvalue weighted by molar-refractivity contribution is 9.10. The molecule has 0 radical (unpaired) electrons. The van der Waals surface area contributed by atoms with Crippen LogP contribution in [0.15, 0.2) is 41.0 Å². The maximum Gasteiger partial charge on any atom is 0.261 e. The van der Waals surface area contributed by atoms with Gasteiger partial charge >= 0.3 is 0 Å². The van der Waals surface area contributed by atoms with Crippen LogP contribution in [0, 0.1) is 5.92 Å². The molecule has 3 heterocycles. The van der Waals surface area contributed by atoms with Crippen LogP contribution in [0.1, 0.15) is 53.8 Å². The van der Waals surface area contributed by atoms with Gasteiger partial charge in [-0.2, -0.15) is 5.90 Å².